The van der Waals surface area contributed by atoms with Crippen LogP contribution < -0.4 is 11.0 Å². The van der Waals surface area contributed by atoms with Gasteiger partial charge in [-0.25, -0.2) is 9.52 Å². The van der Waals surface area contributed by atoms with Gasteiger partial charge in [-0.1, -0.05) is 42.8 Å². The summed E-state index contributed by atoms with van der Waals surface area (Å²) in [6.07, 6.45) is 1.74. The summed E-state index contributed by atoms with van der Waals surface area (Å²) >= 11 is 0. The average Bonchev–Trinajstić information content (AvgIpc) is 2.91. The lowest BCUT2D eigenvalue weighted by Gasteiger charge is -2.20. The molecule has 0 bridgehead atoms. The van der Waals surface area contributed by atoms with Crippen LogP contribution in [0.25, 0.3) is 16.1 Å². The first kappa shape index (κ1) is 18.8. The van der Waals surface area contributed by atoms with Crippen LogP contribution in [0.5, 0.6) is 0 Å². The van der Waals surface area contributed by atoms with Crippen LogP contribution in [-0.4, -0.2) is 4.68 Å². The zero-order chi connectivity index (χ0) is 19.4. The summed E-state index contributed by atoms with van der Waals surface area (Å²) in [5.41, 5.74) is 1.14. The highest BCUT2D eigenvalue weighted by molar-refractivity contribution is 5.66. The molecule has 2 aromatic rings. The molecule has 3 rings (SSSR count). The molecule has 0 amide bonds. The van der Waals surface area contributed by atoms with Crippen molar-refractivity contribution < 1.29 is 13.2 Å². The van der Waals surface area contributed by atoms with Gasteiger partial charge in [-0.3, -0.25) is 10.2 Å². The van der Waals surface area contributed by atoms with Crippen molar-refractivity contribution >= 4 is 5.69 Å². The molecule has 7 heteroatoms. The van der Waals surface area contributed by atoms with Crippen LogP contribution in [0.3, 0.4) is 0 Å². The predicted octanol–water partition coefficient (Wildman–Crippen LogP) is 5.48. The molecule has 0 aliphatic heterocycles. The van der Waals surface area contributed by atoms with Gasteiger partial charge >= 0.3 is 6.18 Å². The molecule has 0 saturated carbocycles. The molecular formula is C20H18F3N3O. The van der Waals surface area contributed by atoms with E-state index >= 15 is 0 Å². The largest absolute Gasteiger partial charge is 0.407 e. The summed E-state index contributed by atoms with van der Waals surface area (Å²) in [6, 6.07) is 9.24. The zero-order valence-corrected chi connectivity index (χ0v) is 14.5. The molecule has 0 unspecified atom stereocenters. The normalized spacial score (nSPS) is 14.8. The number of hydrogen-bond acceptors (Lipinski definition) is 2. The molecule has 1 aliphatic rings. The molecular weight excluding hydrogens is 355 g/mol. The molecule has 1 aromatic carbocycles. The van der Waals surface area contributed by atoms with E-state index in [1.54, 1.807) is 30.3 Å². The number of rotatable bonds is 3. The van der Waals surface area contributed by atoms with E-state index in [9.17, 15) is 18.0 Å². The van der Waals surface area contributed by atoms with Gasteiger partial charge in [0.2, 0.25) is 0 Å². The van der Waals surface area contributed by atoms with Crippen molar-refractivity contribution in [3.05, 3.63) is 75.5 Å². The second-order valence-electron chi connectivity index (χ2n) is 6.35. The van der Waals surface area contributed by atoms with Crippen LogP contribution in [0, 0.1) is 6.57 Å². The fraction of sp³-hybridized carbons (Fsp3) is 0.300. The van der Waals surface area contributed by atoms with Gasteiger partial charge in [0, 0.05) is 11.3 Å². The van der Waals surface area contributed by atoms with Crippen molar-refractivity contribution in [2.75, 3.05) is 5.43 Å². The number of alkyl halides is 3. The second-order valence-corrected chi connectivity index (χ2v) is 6.35. The van der Waals surface area contributed by atoms with Gasteiger partial charge in [-0.15, -0.1) is 0 Å². The Morgan fingerprint density at radius 3 is 2.52 bits per heavy atom. The topological polar surface area (TPSA) is 38.4 Å². The Morgan fingerprint density at radius 1 is 1.11 bits per heavy atom. The first-order valence-corrected chi connectivity index (χ1v) is 8.68. The summed E-state index contributed by atoms with van der Waals surface area (Å²) in [6.45, 7) is 7.10. The third kappa shape index (κ3) is 4.05. The van der Waals surface area contributed by atoms with Crippen LogP contribution in [0.15, 0.2) is 53.0 Å². The molecule has 0 atom stereocenters. The van der Waals surface area contributed by atoms with E-state index in [4.69, 9.17) is 6.57 Å². The molecule has 27 heavy (non-hydrogen) atoms. The Labute approximate surface area is 154 Å². The van der Waals surface area contributed by atoms with Gasteiger partial charge in [-0.2, -0.15) is 13.2 Å². The Balaban J connectivity index is 2.22. The van der Waals surface area contributed by atoms with E-state index in [1.165, 1.54) is 0 Å². The van der Waals surface area contributed by atoms with E-state index in [1.807, 2.05) is 6.08 Å². The number of halogens is 3. The maximum absolute atomic E-state index is 13.4. The number of benzene rings is 1. The Kier molecular flexibility index (Phi) is 5.36. The van der Waals surface area contributed by atoms with Crippen LogP contribution in [-0.2, 0) is 6.18 Å². The fourth-order valence-corrected chi connectivity index (χ4v) is 3.12. The molecule has 1 heterocycles. The van der Waals surface area contributed by atoms with Gasteiger partial charge in [0.25, 0.3) is 11.2 Å². The number of pyridine rings is 1. The van der Waals surface area contributed by atoms with Gasteiger partial charge < -0.3 is 0 Å². The third-order valence-electron chi connectivity index (χ3n) is 4.47. The number of nitrogens with zero attached hydrogens (tertiary/aromatic N) is 2. The summed E-state index contributed by atoms with van der Waals surface area (Å²) in [5, 5.41) is 0. The minimum absolute atomic E-state index is 0.0745. The molecule has 0 fully saturated rings. The molecule has 1 N–H and O–H groups in total. The maximum Gasteiger partial charge on any atom is 0.407 e. The van der Waals surface area contributed by atoms with Crippen LogP contribution >= 0.6 is 0 Å². The van der Waals surface area contributed by atoms with Crippen LogP contribution in [0.4, 0.5) is 18.9 Å². The van der Waals surface area contributed by atoms with E-state index < -0.39 is 23.0 Å². The first-order valence-electron chi connectivity index (χ1n) is 8.68. The standard InChI is InChI=1S/C20H18F3N3O/c1-24-18-16(20(21,22)23)13-17(14-9-5-4-6-10-14)26(19(18)27)25-15-11-7-2-3-8-12-15/h4-6,9-11,13,25H,2-3,7-8,12H2. The van der Waals surface area contributed by atoms with Gasteiger partial charge in [-0.05, 0) is 31.7 Å². The van der Waals surface area contributed by atoms with Crippen LogP contribution in [0.1, 0.15) is 37.7 Å². The Morgan fingerprint density at radius 2 is 1.85 bits per heavy atom. The van der Waals surface area contributed by atoms with Crippen molar-refractivity contribution in [1.82, 2.24) is 4.68 Å². The van der Waals surface area contributed by atoms with Gasteiger partial charge in [0.05, 0.1) is 17.8 Å². The summed E-state index contributed by atoms with van der Waals surface area (Å²) in [4.78, 5) is 15.7. The first-order chi connectivity index (χ1) is 12.9. The molecule has 1 aliphatic carbocycles. The molecule has 4 nitrogen and oxygen atoms in total. The Bertz CT molecular complexity index is 953. The minimum atomic E-state index is -4.79. The van der Waals surface area contributed by atoms with Crippen molar-refractivity contribution in [2.45, 2.75) is 38.3 Å². The minimum Gasteiger partial charge on any atom is -0.297 e. The van der Waals surface area contributed by atoms with E-state index in [2.05, 4.69) is 10.3 Å². The maximum atomic E-state index is 13.4. The zero-order valence-electron chi connectivity index (χ0n) is 14.5. The molecule has 0 saturated heterocycles. The van der Waals surface area contributed by atoms with Crippen molar-refractivity contribution in [1.29, 1.82) is 0 Å². The smallest absolute Gasteiger partial charge is 0.297 e. The SMILES string of the molecule is [C-]#[N+]c1c(C(F)(F)F)cc(-c2ccccc2)n(NC2=CCCCCC2)c1=O. The lowest BCUT2D eigenvalue weighted by atomic mass is 10.1. The molecule has 0 spiro atoms. The fourth-order valence-electron chi connectivity index (χ4n) is 3.12. The number of allylic oxidation sites excluding steroid dienone is 2. The highest BCUT2D eigenvalue weighted by Gasteiger charge is 2.36. The predicted molar refractivity (Wildman–Crippen MR) is 97.9 cm³/mol. The van der Waals surface area contributed by atoms with Crippen molar-refractivity contribution in [2.24, 2.45) is 0 Å². The average molecular weight is 373 g/mol. The third-order valence-corrected chi connectivity index (χ3v) is 4.47. The summed E-state index contributed by atoms with van der Waals surface area (Å²) in [7, 11) is 0. The Hall–Kier alpha value is -3.01. The molecule has 1 aromatic heterocycles. The second kappa shape index (κ2) is 7.70. The van der Waals surface area contributed by atoms with Gasteiger partial charge in [0.1, 0.15) is 0 Å². The summed E-state index contributed by atoms with van der Waals surface area (Å²) < 4.78 is 41.4. The van der Waals surface area contributed by atoms with E-state index in [-0.39, 0.29) is 5.69 Å². The monoisotopic (exact) mass is 373 g/mol. The highest BCUT2D eigenvalue weighted by Crippen LogP contribution is 2.37. The quantitative estimate of drug-likeness (QED) is 0.724. The van der Waals surface area contributed by atoms with E-state index in [0.717, 1.165) is 42.1 Å². The number of nitrogens with one attached hydrogen (secondary N) is 1. The number of hydrogen-bond donors (Lipinski definition) is 1. The molecule has 140 valence electrons. The lowest BCUT2D eigenvalue weighted by Crippen LogP contribution is -2.31. The number of aromatic nitrogens is 1. The van der Waals surface area contributed by atoms with E-state index in [0.29, 0.717) is 12.0 Å². The van der Waals surface area contributed by atoms with Crippen molar-refractivity contribution in [3.63, 3.8) is 0 Å². The van der Waals surface area contributed by atoms with Crippen LogP contribution in [0.2, 0.25) is 0 Å². The lowest BCUT2D eigenvalue weighted by molar-refractivity contribution is -0.136. The van der Waals surface area contributed by atoms with Crippen molar-refractivity contribution in [3.8, 4) is 11.3 Å². The van der Waals surface area contributed by atoms with Gasteiger partial charge in [0.15, 0.2) is 0 Å². The summed E-state index contributed by atoms with van der Waals surface area (Å²) in [5.74, 6) is 0. The molecule has 0 radical (unpaired) electrons. The highest BCUT2D eigenvalue weighted by atomic mass is 19.4.